The quantitative estimate of drug-likeness (QED) is 0.622. The zero-order valence-corrected chi connectivity index (χ0v) is 5.52. The summed E-state index contributed by atoms with van der Waals surface area (Å²) in [6.45, 7) is 3.06. The van der Waals surface area contributed by atoms with Gasteiger partial charge in [0.15, 0.2) is 12.4 Å². The maximum atomic E-state index is 3.19. The van der Waals surface area contributed by atoms with Crippen LogP contribution in [-0.4, -0.2) is 6.54 Å². The molecule has 0 spiro atoms. The number of nitrogens with one attached hydrogen (secondary N) is 2. The van der Waals surface area contributed by atoms with Gasteiger partial charge in [-0.05, 0) is 6.92 Å². The molecule has 2 N–H and O–H groups in total. The van der Waals surface area contributed by atoms with E-state index in [2.05, 4.69) is 17.2 Å². The summed E-state index contributed by atoms with van der Waals surface area (Å²) in [6, 6.07) is 4.01. The van der Waals surface area contributed by atoms with E-state index in [-0.39, 0.29) is 0 Å². The molecule has 0 amide bonds. The maximum Gasteiger partial charge on any atom is 0.169 e. The molecule has 0 aromatic carbocycles. The Labute approximate surface area is 54.9 Å². The Bertz CT molecular complexity index is 160. The summed E-state index contributed by atoms with van der Waals surface area (Å²) in [5.41, 5.74) is 1.16. The predicted octanol–water partition coefficient (Wildman–Crippen LogP) is 0.932. The zero-order chi connectivity index (χ0) is 6.53. The van der Waals surface area contributed by atoms with Crippen molar-refractivity contribution in [2.24, 2.45) is 0 Å². The van der Waals surface area contributed by atoms with Gasteiger partial charge in [0, 0.05) is 24.4 Å². The molecule has 1 rings (SSSR count). The third-order valence-electron chi connectivity index (χ3n) is 1.10. The normalized spacial score (nSPS) is 9.00. The van der Waals surface area contributed by atoms with Crippen LogP contribution in [0.15, 0.2) is 24.5 Å². The van der Waals surface area contributed by atoms with Crippen LogP contribution in [0.4, 0.5) is 5.69 Å². The van der Waals surface area contributed by atoms with Crippen LogP contribution < -0.4 is 10.3 Å². The molecule has 0 radical (unpaired) electrons. The lowest BCUT2D eigenvalue weighted by molar-refractivity contribution is -0.377. The average Bonchev–Trinajstić information content (AvgIpc) is 1.91. The third-order valence-corrected chi connectivity index (χ3v) is 1.10. The van der Waals surface area contributed by atoms with Crippen LogP contribution in [0.5, 0.6) is 0 Å². The molecule has 0 aliphatic rings. The van der Waals surface area contributed by atoms with Gasteiger partial charge < -0.3 is 5.32 Å². The molecule has 0 unspecified atom stereocenters. The largest absolute Gasteiger partial charge is 0.385 e. The molecule has 0 saturated carbocycles. The van der Waals surface area contributed by atoms with Gasteiger partial charge in [0.25, 0.3) is 0 Å². The Morgan fingerprint density at radius 2 is 2.11 bits per heavy atom. The SMILES string of the molecule is CCNc1cc[nH+]cc1. The van der Waals surface area contributed by atoms with Gasteiger partial charge in [0.05, 0.1) is 0 Å². The van der Waals surface area contributed by atoms with Gasteiger partial charge >= 0.3 is 0 Å². The van der Waals surface area contributed by atoms with Crippen molar-refractivity contribution in [2.75, 3.05) is 11.9 Å². The standard InChI is InChI=1S/C7H10N2/c1-2-9-7-3-5-8-6-4-7/h3-6H,2H2,1H3,(H,8,9)/p+1. The Morgan fingerprint density at radius 1 is 1.44 bits per heavy atom. The second-order valence-corrected chi connectivity index (χ2v) is 1.82. The van der Waals surface area contributed by atoms with Crippen LogP contribution >= 0.6 is 0 Å². The number of H-pyrrole nitrogens is 1. The van der Waals surface area contributed by atoms with E-state index >= 15 is 0 Å². The first-order valence-corrected chi connectivity index (χ1v) is 3.13. The molecule has 1 aromatic rings. The fraction of sp³-hybridized carbons (Fsp3) is 0.286. The van der Waals surface area contributed by atoms with Crippen LogP contribution in [-0.2, 0) is 0 Å². The highest BCUT2D eigenvalue weighted by Gasteiger charge is 1.86. The van der Waals surface area contributed by atoms with Gasteiger partial charge in [-0.3, -0.25) is 0 Å². The lowest BCUT2D eigenvalue weighted by Crippen LogP contribution is -2.01. The maximum absolute atomic E-state index is 3.19. The summed E-state index contributed by atoms with van der Waals surface area (Å²) < 4.78 is 0. The van der Waals surface area contributed by atoms with Gasteiger partial charge in [-0.2, -0.15) is 0 Å². The van der Waals surface area contributed by atoms with Crippen molar-refractivity contribution in [1.82, 2.24) is 0 Å². The molecular weight excluding hydrogens is 112 g/mol. The molecule has 0 aliphatic carbocycles. The first kappa shape index (κ1) is 6.08. The highest BCUT2D eigenvalue weighted by molar-refractivity contribution is 5.39. The van der Waals surface area contributed by atoms with Crippen LogP contribution in [0.3, 0.4) is 0 Å². The average molecular weight is 123 g/mol. The van der Waals surface area contributed by atoms with Gasteiger partial charge in [0.2, 0.25) is 0 Å². The smallest absolute Gasteiger partial charge is 0.169 e. The summed E-state index contributed by atoms with van der Waals surface area (Å²) in [7, 11) is 0. The van der Waals surface area contributed by atoms with Crippen LogP contribution in [0.1, 0.15) is 6.92 Å². The number of anilines is 1. The Morgan fingerprint density at radius 3 is 2.67 bits per heavy atom. The lowest BCUT2D eigenvalue weighted by Gasteiger charge is -1.96. The first-order valence-electron chi connectivity index (χ1n) is 3.13. The van der Waals surface area contributed by atoms with Crippen molar-refractivity contribution in [3.05, 3.63) is 24.5 Å². The number of aromatic amines is 1. The second kappa shape index (κ2) is 3.07. The summed E-state index contributed by atoms with van der Waals surface area (Å²) in [5.74, 6) is 0. The highest BCUT2D eigenvalue weighted by Crippen LogP contribution is 1.99. The van der Waals surface area contributed by atoms with Crippen molar-refractivity contribution in [1.29, 1.82) is 0 Å². The van der Waals surface area contributed by atoms with Crippen molar-refractivity contribution in [3.63, 3.8) is 0 Å². The number of rotatable bonds is 2. The van der Waals surface area contributed by atoms with E-state index in [1.807, 2.05) is 24.5 Å². The molecule has 2 heteroatoms. The summed E-state index contributed by atoms with van der Waals surface area (Å²) in [6.07, 6.45) is 3.80. The minimum atomic E-state index is 0.976. The van der Waals surface area contributed by atoms with E-state index in [1.165, 1.54) is 0 Å². The number of pyridine rings is 1. The summed E-state index contributed by atoms with van der Waals surface area (Å²) in [5, 5.41) is 3.19. The molecule has 1 aromatic heterocycles. The first-order chi connectivity index (χ1) is 4.43. The molecule has 0 aliphatic heterocycles. The lowest BCUT2D eigenvalue weighted by atomic mass is 10.4. The van der Waals surface area contributed by atoms with Crippen molar-refractivity contribution < 1.29 is 4.98 Å². The van der Waals surface area contributed by atoms with Crippen molar-refractivity contribution >= 4 is 5.69 Å². The van der Waals surface area contributed by atoms with E-state index < -0.39 is 0 Å². The predicted molar refractivity (Wildman–Crippen MR) is 37.2 cm³/mol. The molecule has 0 atom stereocenters. The van der Waals surface area contributed by atoms with Gasteiger partial charge in [-0.25, -0.2) is 4.98 Å². The summed E-state index contributed by atoms with van der Waals surface area (Å²) in [4.78, 5) is 2.95. The fourth-order valence-corrected chi connectivity index (χ4v) is 0.709. The van der Waals surface area contributed by atoms with Crippen LogP contribution in [0, 0.1) is 0 Å². The Hall–Kier alpha value is -1.05. The van der Waals surface area contributed by atoms with E-state index in [9.17, 15) is 0 Å². The topological polar surface area (TPSA) is 26.2 Å². The van der Waals surface area contributed by atoms with Gasteiger partial charge in [0.1, 0.15) is 0 Å². The molecule has 2 nitrogen and oxygen atoms in total. The van der Waals surface area contributed by atoms with Gasteiger partial charge in [-0.1, -0.05) is 0 Å². The number of hydrogen-bond donors (Lipinski definition) is 1. The number of hydrogen-bond acceptors (Lipinski definition) is 1. The number of aromatic nitrogens is 1. The molecule has 9 heavy (non-hydrogen) atoms. The van der Waals surface area contributed by atoms with Crippen molar-refractivity contribution in [3.8, 4) is 0 Å². The molecular formula is C7H11N2+. The fourth-order valence-electron chi connectivity index (χ4n) is 0.709. The van der Waals surface area contributed by atoms with Crippen molar-refractivity contribution in [2.45, 2.75) is 6.92 Å². The minimum absolute atomic E-state index is 0.976. The Balaban J connectivity index is 2.61. The second-order valence-electron chi connectivity index (χ2n) is 1.82. The van der Waals surface area contributed by atoms with E-state index in [0.717, 1.165) is 12.2 Å². The monoisotopic (exact) mass is 123 g/mol. The molecule has 48 valence electrons. The molecule has 0 fully saturated rings. The van der Waals surface area contributed by atoms with E-state index in [1.54, 1.807) is 0 Å². The summed E-state index contributed by atoms with van der Waals surface area (Å²) >= 11 is 0. The Kier molecular flexibility index (Phi) is 2.07. The van der Waals surface area contributed by atoms with Crippen LogP contribution in [0.2, 0.25) is 0 Å². The minimum Gasteiger partial charge on any atom is -0.385 e. The molecule has 0 saturated heterocycles. The molecule has 0 bridgehead atoms. The van der Waals surface area contributed by atoms with E-state index in [4.69, 9.17) is 0 Å². The zero-order valence-electron chi connectivity index (χ0n) is 5.52. The molecule has 1 heterocycles. The third kappa shape index (κ3) is 1.72. The van der Waals surface area contributed by atoms with Gasteiger partial charge in [-0.15, -0.1) is 0 Å². The van der Waals surface area contributed by atoms with Crippen LogP contribution in [0.25, 0.3) is 0 Å². The highest BCUT2D eigenvalue weighted by atomic mass is 14.9. The van der Waals surface area contributed by atoms with E-state index in [0.29, 0.717) is 0 Å².